The van der Waals surface area contributed by atoms with Crippen LogP contribution in [0.25, 0.3) is 0 Å². The summed E-state index contributed by atoms with van der Waals surface area (Å²) in [7, 11) is 0. The number of hydrogen-bond donors (Lipinski definition) is 1. The Morgan fingerprint density at radius 1 is 1.12 bits per heavy atom. The first-order chi connectivity index (χ1) is 7.65. The fraction of sp³-hybridized carbons (Fsp3) is 0. The van der Waals surface area contributed by atoms with Gasteiger partial charge in [0.2, 0.25) is 5.95 Å². The average molecular weight is 366 g/mol. The van der Waals surface area contributed by atoms with E-state index in [4.69, 9.17) is 23.2 Å². The van der Waals surface area contributed by atoms with Crippen LogP contribution in [-0.4, -0.2) is 9.97 Å². The van der Waals surface area contributed by atoms with Crippen molar-refractivity contribution in [1.82, 2.24) is 9.97 Å². The fourth-order valence-electron chi connectivity index (χ4n) is 1.09. The van der Waals surface area contributed by atoms with Crippen LogP contribution >= 0.6 is 45.8 Å². The Hall–Kier alpha value is -0.590. The number of benzene rings is 1. The molecule has 0 aliphatic rings. The van der Waals surface area contributed by atoms with Crippen LogP contribution < -0.4 is 5.32 Å². The minimum Gasteiger partial charge on any atom is -0.323 e. The standard InChI is InChI=1S/C10H6Cl2IN3/c11-6-1-2-9(8(12)3-6)16-10-14-4-7(13)5-15-10/h1-5H,(H,14,15,16). The topological polar surface area (TPSA) is 37.8 Å². The van der Waals surface area contributed by atoms with Crippen LogP contribution in [0.5, 0.6) is 0 Å². The number of aromatic nitrogens is 2. The maximum Gasteiger partial charge on any atom is 0.227 e. The molecule has 2 rings (SSSR count). The van der Waals surface area contributed by atoms with Crippen molar-refractivity contribution in [2.75, 3.05) is 5.32 Å². The zero-order chi connectivity index (χ0) is 11.5. The molecule has 0 atom stereocenters. The molecule has 82 valence electrons. The first-order valence-corrected chi connectivity index (χ1v) is 6.18. The molecule has 3 nitrogen and oxygen atoms in total. The molecule has 0 saturated carbocycles. The van der Waals surface area contributed by atoms with Gasteiger partial charge in [0.1, 0.15) is 0 Å². The van der Waals surface area contributed by atoms with E-state index in [-0.39, 0.29) is 0 Å². The molecule has 1 aromatic carbocycles. The third-order valence-electron chi connectivity index (χ3n) is 1.80. The molecule has 0 fully saturated rings. The van der Waals surface area contributed by atoms with Gasteiger partial charge >= 0.3 is 0 Å². The highest BCUT2D eigenvalue weighted by molar-refractivity contribution is 14.1. The summed E-state index contributed by atoms with van der Waals surface area (Å²) in [5.41, 5.74) is 0.729. The van der Waals surface area contributed by atoms with Crippen molar-refractivity contribution < 1.29 is 0 Å². The van der Waals surface area contributed by atoms with Crippen molar-refractivity contribution in [1.29, 1.82) is 0 Å². The summed E-state index contributed by atoms with van der Waals surface area (Å²) in [6.07, 6.45) is 3.44. The van der Waals surface area contributed by atoms with Crippen LogP contribution in [0.2, 0.25) is 10.0 Å². The third-order valence-corrected chi connectivity index (χ3v) is 2.90. The van der Waals surface area contributed by atoms with Crippen LogP contribution in [0.15, 0.2) is 30.6 Å². The molecule has 0 unspecified atom stereocenters. The predicted molar refractivity (Wildman–Crippen MR) is 74.5 cm³/mol. The van der Waals surface area contributed by atoms with Gasteiger partial charge in [0, 0.05) is 21.0 Å². The lowest BCUT2D eigenvalue weighted by Gasteiger charge is -2.06. The van der Waals surface area contributed by atoms with E-state index in [9.17, 15) is 0 Å². The van der Waals surface area contributed by atoms with E-state index in [0.717, 1.165) is 9.26 Å². The summed E-state index contributed by atoms with van der Waals surface area (Å²) < 4.78 is 0.977. The van der Waals surface area contributed by atoms with Gasteiger partial charge in [-0.3, -0.25) is 0 Å². The van der Waals surface area contributed by atoms with Gasteiger partial charge in [0.15, 0.2) is 0 Å². The summed E-state index contributed by atoms with van der Waals surface area (Å²) in [5, 5.41) is 4.14. The Labute approximate surface area is 116 Å². The Morgan fingerprint density at radius 3 is 2.44 bits per heavy atom. The second kappa shape index (κ2) is 5.16. The summed E-state index contributed by atoms with van der Waals surface area (Å²) in [6, 6.07) is 5.20. The number of halogens is 3. The predicted octanol–water partition coefficient (Wildman–Crippen LogP) is 4.13. The summed E-state index contributed by atoms with van der Waals surface area (Å²) in [5.74, 6) is 0.504. The maximum atomic E-state index is 6.01. The highest BCUT2D eigenvalue weighted by Crippen LogP contribution is 2.26. The van der Waals surface area contributed by atoms with E-state index < -0.39 is 0 Å². The number of anilines is 2. The zero-order valence-electron chi connectivity index (χ0n) is 7.92. The quantitative estimate of drug-likeness (QED) is 0.813. The van der Waals surface area contributed by atoms with Gasteiger partial charge in [-0.1, -0.05) is 23.2 Å². The molecule has 1 heterocycles. The second-order valence-corrected chi connectivity index (χ2v) is 5.06. The van der Waals surface area contributed by atoms with Gasteiger partial charge in [-0.25, -0.2) is 9.97 Å². The molecule has 0 saturated heterocycles. The van der Waals surface area contributed by atoms with Crippen LogP contribution in [0.3, 0.4) is 0 Å². The SMILES string of the molecule is Clc1ccc(Nc2ncc(I)cn2)c(Cl)c1. The molecule has 0 radical (unpaired) electrons. The number of hydrogen-bond acceptors (Lipinski definition) is 3. The molecule has 0 aliphatic heterocycles. The van der Waals surface area contributed by atoms with Crippen molar-refractivity contribution in [3.63, 3.8) is 0 Å². The fourth-order valence-corrected chi connectivity index (χ4v) is 1.82. The Morgan fingerprint density at radius 2 is 1.81 bits per heavy atom. The maximum absolute atomic E-state index is 6.01. The lowest BCUT2D eigenvalue weighted by atomic mass is 10.3. The minimum absolute atomic E-state index is 0.504. The molecule has 0 aliphatic carbocycles. The monoisotopic (exact) mass is 365 g/mol. The van der Waals surface area contributed by atoms with Crippen molar-refractivity contribution in [3.05, 3.63) is 44.2 Å². The van der Waals surface area contributed by atoms with Crippen LogP contribution in [0.1, 0.15) is 0 Å². The van der Waals surface area contributed by atoms with E-state index in [1.54, 1.807) is 30.6 Å². The molecular weight excluding hydrogens is 360 g/mol. The molecule has 0 spiro atoms. The molecule has 1 aromatic heterocycles. The first kappa shape index (κ1) is 11.9. The molecule has 6 heteroatoms. The average Bonchev–Trinajstić information content (AvgIpc) is 2.25. The lowest BCUT2D eigenvalue weighted by Crippen LogP contribution is -1.97. The van der Waals surface area contributed by atoms with Gasteiger partial charge in [-0.2, -0.15) is 0 Å². The van der Waals surface area contributed by atoms with Crippen molar-refractivity contribution in [3.8, 4) is 0 Å². The van der Waals surface area contributed by atoms with Gasteiger partial charge in [-0.05, 0) is 40.8 Å². The molecule has 0 bridgehead atoms. The summed E-state index contributed by atoms with van der Waals surface area (Å²) in [4.78, 5) is 8.23. The number of rotatable bonds is 2. The van der Waals surface area contributed by atoms with Gasteiger partial charge in [0.25, 0.3) is 0 Å². The van der Waals surface area contributed by atoms with Crippen molar-refractivity contribution in [2.24, 2.45) is 0 Å². The Kier molecular flexibility index (Phi) is 3.83. The first-order valence-electron chi connectivity index (χ1n) is 4.35. The largest absolute Gasteiger partial charge is 0.323 e. The normalized spacial score (nSPS) is 10.2. The minimum atomic E-state index is 0.504. The van der Waals surface area contributed by atoms with Crippen molar-refractivity contribution >= 4 is 57.4 Å². The summed E-state index contributed by atoms with van der Waals surface area (Å²) in [6.45, 7) is 0. The van der Waals surface area contributed by atoms with E-state index in [0.29, 0.717) is 16.0 Å². The van der Waals surface area contributed by atoms with Gasteiger partial charge in [0.05, 0.1) is 10.7 Å². The summed E-state index contributed by atoms with van der Waals surface area (Å²) >= 11 is 13.9. The number of nitrogens with zero attached hydrogens (tertiary/aromatic N) is 2. The molecular formula is C10H6Cl2IN3. The van der Waals surface area contributed by atoms with Gasteiger partial charge in [-0.15, -0.1) is 0 Å². The van der Waals surface area contributed by atoms with Crippen LogP contribution in [-0.2, 0) is 0 Å². The molecule has 1 N–H and O–H groups in total. The lowest BCUT2D eigenvalue weighted by molar-refractivity contribution is 1.15. The van der Waals surface area contributed by atoms with E-state index in [1.807, 2.05) is 0 Å². The Balaban J connectivity index is 2.23. The molecule has 16 heavy (non-hydrogen) atoms. The second-order valence-electron chi connectivity index (χ2n) is 2.97. The highest BCUT2D eigenvalue weighted by Gasteiger charge is 2.03. The zero-order valence-corrected chi connectivity index (χ0v) is 11.6. The highest BCUT2D eigenvalue weighted by atomic mass is 127. The van der Waals surface area contributed by atoms with E-state index in [2.05, 4.69) is 37.9 Å². The van der Waals surface area contributed by atoms with Crippen molar-refractivity contribution in [2.45, 2.75) is 0 Å². The molecule has 2 aromatic rings. The van der Waals surface area contributed by atoms with Gasteiger partial charge < -0.3 is 5.32 Å². The van der Waals surface area contributed by atoms with E-state index in [1.165, 1.54) is 0 Å². The van der Waals surface area contributed by atoms with Crippen LogP contribution in [0.4, 0.5) is 11.6 Å². The smallest absolute Gasteiger partial charge is 0.227 e. The van der Waals surface area contributed by atoms with Crippen LogP contribution in [0, 0.1) is 3.57 Å². The molecule has 0 amide bonds. The third kappa shape index (κ3) is 2.96. The van der Waals surface area contributed by atoms with E-state index >= 15 is 0 Å². The number of nitrogens with one attached hydrogen (secondary N) is 1. The Bertz CT molecular complexity index is 502.